The summed E-state index contributed by atoms with van der Waals surface area (Å²) >= 11 is 6.08. The van der Waals surface area contributed by atoms with Crippen molar-refractivity contribution >= 4 is 29.1 Å². The molecule has 6 nitrogen and oxygen atoms in total. The first-order chi connectivity index (χ1) is 13.6. The number of nitrogens with one attached hydrogen (secondary N) is 2. The lowest BCUT2D eigenvalue weighted by Gasteiger charge is -2.08. The van der Waals surface area contributed by atoms with Crippen molar-refractivity contribution in [2.75, 3.05) is 5.32 Å². The summed E-state index contributed by atoms with van der Waals surface area (Å²) in [4.78, 5) is 28.8. The van der Waals surface area contributed by atoms with Crippen molar-refractivity contribution < 1.29 is 9.59 Å². The number of aromatic nitrogens is 1. The van der Waals surface area contributed by atoms with Gasteiger partial charge < -0.3 is 10.6 Å². The standard InChI is InChI=1S/C21H15ClN4O2/c22-18-7-2-1-5-16(18)13-25-21(28)19-11-15(8-9-24-19)20(27)26-17-6-3-4-14(10-17)12-23/h1-11H,13H2,(H,25,28)(H,26,27). The van der Waals surface area contributed by atoms with E-state index < -0.39 is 11.8 Å². The molecule has 0 aliphatic heterocycles. The van der Waals surface area contributed by atoms with Crippen LogP contribution in [0.1, 0.15) is 32.0 Å². The van der Waals surface area contributed by atoms with Gasteiger partial charge in [0.2, 0.25) is 0 Å². The van der Waals surface area contributed by atoms with Gasteiger partial charge in [-0.1, -0.05) is 35.9 Å². The Labute approximate surface area is 166 Å². The van der Waals surface area contributed by atoms with E-state index in [9.17, 15) is 9.59 Å². The van der Waals surface area contributed by atoms with E-state index in [0.717, 1.165) is 5.56 Å². The highest BCUT2D eigenvalue weighted by atomic mass is 35.5. The molecule has 1 heterocycles. The molecule has 3 rings (SSSR count). The van der Waals surface area contributed by atoms with Crippen LogP contribution in [0.5, 0.6) is 0 Å². The lowest BCUT2D eigenvalue weighted by molar-refractivity contribution is 0.0946. The van der Waals surface area contributed by atoms with Crippen molar-refractivity contribution in [1.29, 1.82) is 5.26 Å². The number of halogens is 1. The molecule has 28 heavy (non-hydrogen) atoms. The predicted octanol–water partition coefficient (Wildman–Crippen LogP) is 3.79. The van der Waals surface area contributed by atoms with Gasteiger partial charge in [0.15, 0.2) is 0 Å². The largest absolute Gasteiger partial charge is 0.347 e. The van der Waals surface area contributed by atoms with E-state index in [4.69, 9.17) is 16.9 Å². The van der Waals surface area contributed by atoms with Crippen LogP contribution in [0.15, 0.2) is 66.9 Å². The van der Waals surface area contributed by atoms with Crippen molar-refractivity contribution in [3.8, 4) is 6.07 Å². The minimum absolute atomic E-state index is 0.116. The van der Waals surface area contributed by atoms with Gasteiger partial charge in [0.25, 0.3) is 11.8 Å². The maximum absolute atomic E-state index is 12.4. The summed E-state index contributed by atoms with van der Waals surface area (Å²) in [6.45, 7) is 0.248. The van der Waals surface area contributed by atoms with Crippen LogP contribution in [0.3, 0.4) is 0 Å². The van der Waals surface area contributed by atoms with Crippen LogP contribution in [0.25, 0.3) is 0 Å². The van der Waals surface area contributed by atoms with E-state index in [0.29, 0.717) is 16.3 Å². The number of nitriles is 1. The third-order valence-corrected chi connectivity index (χ3v) is 4.27. The molecule has 0 radical (unpaired) electrons. The number of pyridine rings is 1. The van der Waals surface area contributed by atoms with Gasteiger partial charge in [-0.15, -0.1) is 0 Å². The number of hydrogen-bond acceptors (Lipinski definition) is 4. The highest BCUT2D eigenvalue weighted by molar-refractivity contribution is 6.31. The van der Waals surface area contributed by atoms with E-state index in [1.54, 1.807) is 30.3 Å². The SMILES string of the molecule is N#Cc1cccc(NC(=O)c2ccnc(C(=O)NCc3ccccc3Cl)c2)c1. The molecule has 3 aromatic rings. The summed E-state index contributed by atoms with van der Waals surface area (Å²) in [6.07, 6.45) is 1.39. The van der Waals surface area contributed by atoms with Crippen LogP contribution < -0.4 is 10.6 Å². The summed E-state index contributed by atoms with van der Waals surface area (Å²) in [5, 5.41) is 14.9. The van der Waals surface area contributed by atoms with Gasteiger partial charge in [0.1, 0.15) is 5.69 Å². The number of carbonyl (C=O) groups excluding carboxylic acids is 2. The Balaban J connectivity index is 1.69. The number of hydrogen-bond donors (Lipinski definition) is 2. The van der Waals surface area contributed by atoms with E-state index in [1.165, 1.54) is 18.3 Å². The lowest BCUT2D eigenvalue weighted by Crippen LogP contribution is -2.24. The monoisotopic (exact) mass is 390 g/mol. The molecular formula is C21H15ClN4O2. The number of anilines is 1. The summed E-state index contributed by atoms with van der Waals surface area (Å²) in [5.74, 6) is -0.821. The molecule has 0 aliphatic rings. The third-order valence-electron chi connectivity index (χ3n) is 3.90. The number of carbonyl (C=O) groups is 2. The molecule has 1 aromatic heterocycles. The van der Waals surface area contributed by atoms with E-state index >= 15 is 0 Å². The minimum Gasteiger partial charge on any atom is -0.347 e. The molecule has 7 heteroatoms. The Morgan fingerprint density at radius 1 is 1.04 bits per heavy atom. The maximum Gasteiger partial charge on any atom is 0.270 e. The first-order valence-electron chi connectivity index (χ1n) is 8.36. The van der Waals surface area contributed by atoms with Gasteiger partial charge in [-0.25, -0.2) is 0 Å². The Kier molecular flexibility index (Phi) is 6.00. The normalized spacial score (nSPS) is 10.0. The fourth-order valence-electron chi connectivity index (χ4n) is 2.47. The van der Waals surface area contributed by atoms with Gasteiger partial charge >= 0.3 is 0 Å². The average Bonchev–Trinajstić information content (AvgIpc) is 2.73. The summed E-state index contributed by atoms with van der Waals surface area (Å²) in [5.41, 5.74) is 2.10. The van der Waals surface area contributed by atoms with Crippen LogP contribution in [-0.2, 0) is 6.54 Å². The van der Waals surface area contributed by atoms with Crippen LogP contribution >= 0.6 is 11.6 Å². The third kappa shape index (κ3) is 4.72. The number of rotatable bonds is 5. The van der Waals surface area contributed by atoms with Crippen LogP contribution in [0.2, 0.25) is 5.02 Å². The molecule has 0 saturated heterocycles. The van der Waals surface area contributed by atoms with Crippen molar-refractivity contribution in [2.45, 2.75) is 6.54 Å². The van der Waals surface area contributed by atoms with Crippen molar-refractivity contribution in [3.63, 3.8) is 0 Å². The van der Waals surface area contributed by atoms with Crippen molar-refractivity contribution in [1.82, 2.24) is 10.3 Å². The fraction of sp³-hybridized carbons (Fsp3) is 0.0476. The van der Waals surface area contributed by atoms with Gasteiger partial charge in [-0.3, -0.25) is 14.6 Å². The highest BCUT2D eigenvalue weighted by Gasteiger charge is 2.13. The zero-order valence-electron chi connectivity index (χ0n) is 14.6. The van der Waals surface area contributed by atoms with Crippen LogP contribution in [0.4, 0.5) is 5.69 Å². The van der Waals surface area contributed by atoms with E-state index in [2.05, 4.69) is 15.6 Å². The van der Waals surface area contributed by atoms with Crippen molar-refractivity contribution in [3.05, 3.63) is 94.3 Å². The molecule has 2 amide bonds. The number of benzene rings is 2. The maximum atomic E-state index is 12.4. The molecule has 2 N–H and O–H groups in total. The Morgan fingerprint density at radius 3 is 2.64 bits per heavy atom. The predicted molar refractivity (Wildman–Crippen MR) is 106 cm³/mol. The molecule has 0 fully saturated rings. The molecule has 0 spiro atoms. The average molecular weight is 391 g/mol. The van der Waals surface area contributed by atoms with Gasteiger partial charge in [-0.05, 0) is 42.0 Å². The quantitative estimate of drug-likeness (QED) is 0.692. The minimum atomic E-state index is -0.416. The van der Waals surface area contributed by atoms with Gasteiger partial charge in [0.05, 0.1) is 11.6 Å². The van der Waals surface area contributed by atoms with Crippen LogP contribution in [-0.4, -0.2) is 16.8 Å². The molecule has 0 unspecified atom stereocenters. The number of amides is 2. The molecule has 0 saturated carbocycles. The Hall–Kier alpha value is -3.69. The summed E-state index contributed by atoms with van der Waals surface area (Å²) < 4.78 is 0. The van der Waals surface area contributed by atoms with Crippen molar-refractivity contribution in [2.24, 2.45) is 0 Å². The van der Waals surface area contributed by atoms with E-state index in [1.807, 2.05) is 24.3 Å². The second-order valence-corrected chi connectivity index (χ2v) is 6.26. The molecular weight excluding hydrogens is 376 g/mol. The smallest absolute Gasteiger partial charge is 0.270 e. The molecule has 2 aromatic carbocycles. The molecule has 0 bridgehead atoms. The highest BCUT2D eigenvalue weighted by Crippen LogP contribution is 2.15. The van der Waals surface area contributed by atoms with Gasteiger partial charge in [-0.2, -0.15) is 5.26 Å². The first-order valence-corrected chi connectivity index (χ1v) is 8.74. The van der Waals surface area contributed by atoms with Gasteiger partial charge in [0, 0.05) is 29.0 Å². The zero-order chi connectivity index (χ0) is 19.9. The second-order valence-electron chi connectivity index (χ2n) is 5.85. The van der Waals surface area contributed by atoms with Crippen LogP contribution in [0, 0.1) is 11.3 Å². The van der Waals surface area contributed by atoms with E-state index in [-0.39, 0.29) is 17.8 Å². The molecule has 138 valence electrons. The second kappa shape index (κ2) is 8.80. The number of nitrogens with zero attached hydrogens (tertiary/aromatic N) is 2. The topological polar surface area (TPSA) is 94.9 Å². The Bertz CT molecular complexity index is 1080. The summed E-state index contributed by atoms with van der Waals surface area (Å²) in [6, 6.07) is 18.7. The lowest BCUT2D eigenvalue weighted by atomic mass is 10.1. The zero-order valence-corrected chi connectivity index (χ0v) is 15.4. The fourth-order valence-corrected chi connectivity index (χ4v) is 2.68. The first kappa shape index (κ1) is 19.1. The summed E-state index contributed by atoms with van der Waals surface area (Å²) in [7, 11) is 0. The Morgan fingerprint density at radius 2 is 1.86 bits per heavy atom. The molecule has 0 aliphatic carbocycles. The molecule has 0 atom stereocenters.